The Hall–Kier alpha value is -0.643. The van der Waals surface area contributed by atoms with Gasteiger partial charge in [0.15, 0.2) is 8.32 Å². The number of halogens is 1. The molecule has 0 N–H and O–H groups in total. The zero-order valence-electron chi connectivity index (χ0n) is 12.5. The molecule has 1 aromatic heterocycles. The van der Waals surface area contributed by atoms with Gasteiger partial charge in [0.1, 0.15) is 0 Å². The molecular formula is C15H24ClNOSi. The molecule has 0 spiro atoms. The molecule has 1 unspecified atom stereocenters. The molecule has 0 bridgehead atoms. The minimum absolute atomic E-state index is 0.0582. The maximum Gasteiger partial charge on any atom is 0.193 e. The normalized spacial score (nSPS) is 14.2. The lowest BCUT2D eigenvalue weighted by Crippen LogP contribution is -2.41. The van der Waals surface area contributed by atoms with Gasteiger partial charge in [0.25, 0.3) is 0 Å². The minimum Gasteiger partial charge on any atom is -0.408 e. The fraction of sp³-hybridized carbons (Fsp3) is 0.533. The van der Waals surface area contributed by atoms with Crippen LogP contribution in [0.4, 0.5) is 0 Å². The molecular weight excluding hydrogens is 274 g/mol. The van der Waals surface area contributed by atoms with Gasteiger partial charge in [-0.3, -0.25) is 4.98 Å². The van der Waals surface area contributed by atoms with E-state index in [4.69, 9.17) is 16.0 Å². The van der Waals surface area contributed by atoms with Gasteiger partial charge in [0.2, 0.25) is 0 Å². The van der Waals surface area contributed by atoms with Crippen LogP contribution in [0, 0.1) is 0 Å². The summed E-state index contributed by atoms with van der Waals surface area (Å²) in [5.41, 5.74) is 0.886. The zero-order chi connectivity index (χ0) is 14.7. The molecule has 0 fully saturated rings. The molecule has 0 amide bonds. The Balaban J connectivity index is 2.99. The average molecular weight is 298 g/mol. The van der Waals surface area contributed by atoms with E-state index in [1.165, 1.54) is 0 Å². The molecule has 0 aromatic carbocycles. The summed E-state index contributed by atoms with van der Waals surface area (Å²) in [5, 5.41) is 0.864. The summed E-state index contributed by atoms with van der Waals surface area (Å²) in [4.78, 5) is 4.39. The van der Waals surface area contributed by atoms with Gasteiger partial charge in [-0.05, 0) is 36.7 Å². The van der Waals surface area contributed by atoms with Crippen LogP contribution in [0.15, 0.2) is 31.0 Å². The van der Waals surface area contributed by atoms with Gasteiger partial charge in [0.05, 0.1) is 11.8 Å². The first-order valence-corrected chi connectivity index (χ1v) is 9.86. The molecule has 0 saturated heterocycles. The van der Waals surface area contributed by atoms with Crippen LogP contribution >= 0.6 is 11.6 Å². The van der Waals surface area contributed by atoms with E-state index in [9.17, 15) is 0 Å². The monoisotopic (exact) mass is 297 g/mol. The Labute approximate surface area is 123 Å². The molecule has 0 aliphatic heterocycles. The maximum absolute atomic E-state index is 6.43. The predicted octanol–water partition coefficient (Wildman–Crippen LogP) is 5.37. The summed E-state index contributed by atoms with van der Waals surface area (Å²) in [6, 6.07) is 3.66. The molecule has 1 atom stereocenters. The molecule has 0 aliphatic rings. The van der Waals surface area contributed by atoms with E-state index in [1.54, 1.807) is 12.3 Å². The molecule has 0 aliphatic carbocycles. The lowest BCUT2D eigenvalue weighted by molar-refractivity contribution is 0.182. The molecule has 4 heteroatoms. The standard InChI is InChI=1S/C15H24ClNOSi/c1-7-8-14(13-11-12(16)9-10-17-13)18-19(5,6)15(2,3)4/h7,9-11,14H,1,8H2,2-6H3. The van der Waals surface area contributed by atoms with Crippen molar-refractivity contribution in [3.8, 4) is 0 Å². The van der Waals surface area contributed by atoms with Gasteiger partial charge in [-0.1, -0.05) is 38.4 Å². The van der Waals surface area contributed by atoms with Crippen LogP contribution in [0.2, 0.25) is 23.2 Å². The van der Waals surface area contributed by atoms with Crippen LogP contribution < -0.4 is 0 Å². The Bertz CT molecular complexity index is 440. The zero-order valence-corrected chi connectivity index (χ0v) is 14.3. The number of nitrogens with zero attached hydrogens (tertiary/aromatic N) is 1. The molecule has 0 saturated carbocycles. The van der Waals surface area contributed by atoms with Crippen molar-refractivity contribution < 1.29 is 4.43 Å². The summed E-state index contributed by atoms with van der Waals surface area (Å²) in [6.07, 6.45) is 4.29. The highest BCUT2D eigenvalue weighted by molar-refractivity contribution is 6.74. The second kappa shape index (κ2) is 6.20. The lowest BCUT2D eigenvalue weighted by atomic mass is 10.2. The summed E-state index contributed by atoms with van der Waals surface area (Å²) in [6.45, 7) is 15.0. The van der Waals surface area contributed by atoms with E-state index in [2.05, 4.69) is 45.4 Å². The van der Waals surface area contributed by atoms with Crippen molar-refractivity contribution in [1.82, 2.24) is 4.98 Å². The third kappa shape index (κ3) is 4.44. The van der Waals surface area contributed by atoms with E-state index in [0.29, 0.717) is 5.02 Å². The van der Waals surface area contributed by atoms with Crippen LogP contribution in [0.3, 0.4) is 0 Å². The highest BCUT2D eigenvalue weighted by Crippen LogP contribution is 2.40. The maximum atomic E-state index is 6.43. The van der Waals surface area contributed by atoms with Crippen LogP contribution in [0.5, 0.6) is 0 Å². The first-order valence-electron chi connectivity index (χ1n) is 6.57. The van der Waals surface area contributed by atoms with E-state index in [-0.39, 0.29) is 11.1 Å². The molecule has 0 radical (unpaired) electrons. The van der Waals surface area contributed by atoms with E-state index in [0.717, 1.165) is 12.1 Å². The highest BCUT2D eigenvalue weighted by atomic mass is 35.5. The minimum atomic E-state index is -1.84. The second-order valence-electron chi connectivity index (χ2n) is 6.29. The number of hydrogen-bond acceptors (Lipinski definition) is 2. The third-order valence-corrected chi connectivity index (χ3v) is 8.42. The predicted molar refractivity (Wildman–Crippen MR) is 85.1 cm³/mol. The summed E-state index contributed by atoms with van der Waals surface area (Å²) < 4.78 is 6.43. The van der Waals surface area contributed by atoms with Crippen molar-refractivity contribution in [2.24, 2.45) is 0 Å². The Kier molecular flexibility index (Phi) is 5.36. The Morgan fingerprint density at radius 2 is 2.11 bits per heavy atom. The first kappa shape index (κ1) is 16.4. The fourth-order valence-corrected chi connectivity index (χ4v) is 2.96. The molecule has 1 aromatic rings. The fourth-order valence-electron chi connectivity index (χ4n) is 1.51. The number of hydrogen-bond donors (Lipinski definition) is 0. The summed E-state index contributed by atoms with van der Waals surface area (Å²) >= 11 is 6.04. The molecule has 2 nitrogen and oxygen atoms in total. The summed E-state index contributed by atoms with van der Waals surface area (Å²) in [5.74, 6) is 0. The Morgan fingerprint density at radius 1 is 1.47 bits per heavy atom. The van der Waals surface area contributed by atoms with Crippen molar-refractivity contribution in [2.45, 2.75) is 51.4 Å². The smallest absolute Gasteiger partial charge is 0.193 e. The van der Waals surface area contributed by atoms with Gasteiger partial charge >= 0.3 is 0 Å². The number of aromatic nitrogens is 1. The highest BCUT2D eigenvalue weighted by Gasteiger charge is 2.39. The third-order valence-electron chi connectivity index (χ3n) is 3.70. The quantitative estimate of drug-likeness (QED) is 0.538. The Morgan fingerprint density at radius 3 is 2.58 bits per heavy atom. The van der Waals surface area contributed by atoms with E-state index < -0.39 is 8.32 Å². The van der Waals surface area contributed by atoms with Gasteiger partial charge in [-0.15, -0.1) is 6.58 Å². The average Bonchev–Trinajstić information content (AvgIpc) is 2.26. The topological polar surface area (TPSA) is 22.1 Å². The van der Waals surface area contributed by atoms with Crippen LogP contribution in [0.25, 0.3) is 0 Å². The first-order chi connectivity index (χ1) is 8.67. The molecule has 1 rings (SSSR count). The number of pyridine rings is 1. The van der Waals surface area contributed by atoms with Gasteiger partial charge in [-0.25, -0.2) is 0 Å². The summed E-state index contributed by atoms with van der Waals surface area (Å²) in [7, 11) is -1.84. The molecule has 106 valence electrons. The van der Waals surface area contributed by atoms with Crippen molar-refractivity contribution in [3.63, 3.8) is 0 Å². The van der Waals surface area contributed by atoms with Crippen LogP contribution in [-0.2, 0) is 4.43 Å². The molecule has 19 heavy (non-hydrogen) atoms. The number of rotatable bonds is 5. The van der Waals surface area contributed by atoms with E-state index >= 15 is 0 Å². The van der Waals surface area contributed by atoms with E-state index in [1.807, 2.05) is 12.1 Å². The largest absolute Gasteiger partial charge is 0.408 e. The van der Waals surface area contributed by atoms with Crippen molar-refractivity contribution >= 4 is 19.9 Å². The van der Waals surface area contributed by atoms with Crippen molar-refractivity contribution in [2.75, 3.05) is 0 Å². The van der Waals surface area contributed by atoms with Crippen LogP contribution in [-0.4, -0.2) is 13.3 Å². The molecule has 1 heterocycles. The van der Waals surface area contributed by atoms with Gasteiger partial charge in [0, 0.05) is 11.2 Å². The van der Waals surface area contributed by atoms with Crippen molar-refractivity contribution in [3.05, 3.63) is 41.7 Å². The lowest BCUT2D eigenvalue weighted by Gasteiger charge is -2.39. The van der Waals surface area contributed by atoms with Gasteiger partial charge in [-0.2, -0.15) is 0 Å². The second-order valence-corrected chi connectivity index (χ2v) is 11.5. The van der Waals surface area contributed by atoms with Crippen molar-refractivity contribution in [1.29, 1.82) is 0 Å². The van der Waals surface area contributed by atoms with Gasteiger partial charge < -0.3 is 4.43 Å². The SMILES string of the molecule is C=CCC(O[Si](C)(C)C(C)(C)C)c1cc(Cl)ccn1. The van der Waals surface area contributed by atoms with Crippen LogP contribution in [0.1, 0.15) is 39.0 Å².